The highest BCUT2D eigenvalue weighted by Gasteiger charge is 2.45. The molecule has 5 heterocycles. The van der Waals surface area contributed by atoms with Gasteiger partial charge in [-0.2, -0.15) is 18.4 Å². The highest BCUT2D eigenvalue weighted by atomic mass is 32.1. The van der Waals surface area contributed by atoms with Crippen LogP contribution in [0, 0.1) is 11.3 Å². The van der Waals surface area contributed by atoms with Crippen molar-refractivity contribution in [3.8, 4) is 16.6 Å². The molecule has 2 saturated heterocycles. The van der Waals surface area contributed by atoms with Gasteiger partial charge in [0, 0.05) is 19.1 Å². The van der Waals surface area contributed by atoms with E-state index < -0.39 is 16.6 Å². The molecular formula is C20H19F3N6OS. The fourth-order valence-electron chi connectivity index (χ4n) is 4.02. The largest absolute Gasteiger partial charge is 0.425 e. The molecule has 0 aliphatic carbocycles. The predicted molar refractivity (Wildman–Crippen MR) is 109 cm³/mol. The molecule has 0 radical (unpaired) electrons. The zero-order valence-corrected chi connectivity index (χ0v) is 17.2. The lowest BCUT2D eigenvalue weighted by molar-refractivity contribution is -0.134. The number of hydrogen-bond donors (Lipinski definition) is 1. The van der Waals surface area contributed by atoms with E-state index in [9.17, 15) is 18.4 Å². The van der Waals surface area contributed by atoms with Crippen LogP contribution in [0.4, 0.5) is 19.0 Å². The van der Waals surface area contributed by atoms with E-state index in [1.54, 1.807) is 16.8 Å². The molecule has 0 atom stereocenters. The number of likely N-dealkylation sites (tertiary alicyclic amines) is 1. The number of piperidine rings is 1. The molecule has 3 aromatic heterocycles. The number of aromatic nitrogens is 3. The van der Waals surface area contributed by atoms with E-state index in [0.29, 0.717) is 46.6 Å². The zero-order valence-electron chi connectivity index (χ0n) is 16.4. The fourth-order valence-corrected chi connectivity index (χ4v) is 4.89. The minimum atomic E-state index is -4.37. The van der Waals surface area contributed by atoms with Crippen molar-refractivity contribution in [3.63, 3.8) is 0 Å². The van der Waals surface area contributed by atoms with Crippen LogP contribution in [0.3, 0.4) is 0 Å². The third-order valence-corrected chi connectivity index (χ3v) is 6.99. The average molecular weight is 448 g/mol. The minimum absolute atomic E-state index is 0.198. The standard InChI is InChI=1S/C20H19F3N6OS/c21-20(22,23)16-2-1-15(31-16)14-9-25-18-4-3-17(27-29(14)18)26-13-5-7-28(8-6-13)19(10-24)11-30-12-19/h1-4,9,13H,5-8,11-12H2,(H,26,27). The summed E-state index contributed by atoms with van der Waals surface area (Å²) in [7, 11) is 0. The van der Waals surface area contributed by atoms with E-state index in [1.807, 2.05) is 6.07 Å². The van der Waals surface area contributed by atoms with Crippen LogP contribution in [-0.4, -0.2) is 57.4 Å². The molecule has 0 spiro atoms. The van der Waals surface area contributed by atoms with Gasteiger partial charge in [-0.1, -0.05) is 0 Å². The highest BCUT2D eigenvalue weighted by Crippen LogP contribution is 2.38. The van der Waals surface area contributed by atoms with E-state index in [4.69, 9.17) is 4.74 Å². The van der Waals surface area contributed by atoms with E-state index in [0.717, 1.165) is 32.0 Å². The third kappa shape index (κ3) is 3.64. The number of nitrogens with one attached hydrogen (secondary N) is 1. The van der Waals surface area contributed by atoms with Crippen molar-refractivity contribution in [2.45, 2.75) is 30.6 Å². The van der Waals surface area contributed by atoms with Crippen molar-refractivity contribution in [2.24, 2.45) is 0 Å². The lowest BCUT2D eigenvalue weighted by atomic mass is 9.92. The summed E-state index contributed by atoms with van der Waals surface area (Å²) < 4.78 is 45.7. The molecule has 5 rings (SSSR count). The lowest BCUT2D eigenvalue weighted by Crippen LogP contribution is -2.63. The number of nitriles is 1. The van der Waals surface area contributed by atoms with Crippen molar-refractivity contribution in [3.05, 3.63) is 35.3 Å². The van der Waals surface area contributed by atoms with Crippen LogP contribution < -0.4 is 5.32 Å². The number of hydrogen-bond acceptors (Lipinski definition) is 7. The van der Waals surface area contributed by atoms with Gasteiger partial charge in [-0.15, -0.1) is 16.4 Å². The van der Waals surface area contributed by atoms with Crippen molar-refractivity contribution < 1.29 is 17.9 Å². The first-order chi connectivity index (χ1) is 14.9. The molecule has 162 valence electrons. The molecule has 2 aliphatic heterocycles. The Balaban J connectivity index is 1.31. The molecule has 7 nitrogen and oxygen atoms in total. The second kappa shape index (κ2) is 7.47. The quantitative estimate of drug-likeness (QED) is 0.657. The molecule has 2 fully saturated rings. The number of alkyl halides is 3. The van der Waals surface area contributed by atoms with Crippen LogP contribution >= 0.6 is 11.3 Å². The number of nitrogens with zero attached hydrogens (tertiary/aromatic N) is 5. The Kier molecular flexibility index (Phi) is 4.88. The maximum absolute atomic E-state index is 13.0. The second-order valence-electron chi connectivity index (χ2n) is 7.84. The van der Waals surface area contributed by atoms with Crippen LogP contribution in [0.15, 0.2) is 30.5 Å². The minimum Gasteiger partial charge on any atom is -0.375 e. The Morgan fingerprint density at radius 2 is 1.97 bits per heavy atom. The van der Waals surface area contributed by atoms with E-state index in [2.05, 4.69) is 26.4 Å². The Hall–Kier alpha value is -2.68. The number of thiophene rings is 1. The van der Waals surface area contributed by atoms with E-state index in [1.165, 1.54) is 6.07 Å². The Morgan fingerprint density at radius 1 is 1.19 bits per heavy atom. The molecule has 0 aromatic carbocycles. The summed E-state index contributed by atoms with van der Waals surface area (Å²) in [5.41, 5.74) is 0.609. The summed E-state index contributed by atoms with van der Waals surface area (Å²) >= 11 is 0.678. The van der Waals surface area contributed by atoms with E-state index >= 15 is 0 Å². The molecule has 0 amide bonds. The summed E-state index contributed by atoms with van der Waals surface area (Å²) in [4.78, 5) is 6.27. The van der Waals surface area contributed by atoms with Crippen molar-refractivity contribution in [1.29, 1.82) is 5.26 Å². The monoisotopic (exact) mass is 448 g/mol. The summed E-state index contributed by atoms with van der Waals surface area (Å²) in [6.45, 7) is 2.51. The molecular weight excluding hydrogens is 429 g/mol. The molecule has 11 heteroatoms. The summed E-state index contributed by atoms with van der Waals surface area (Å²) in [5, 5.41) is 17.5. The second-order valence-corrected chi connectivity index (χ2v) is 8.92. The third-order valence-electron chi connectivity index (χ3n) is 5.84. The SMILES string of the molecule is N#CC1(N2CCC(Nc3ccc4ncc(-c5ccc(C(F)(F)F)s5)n4n3)CC2)COC1. The fraction of sp³-hybridized carbons (Fsp3) is 0.450. The van der Waals surface area contributed by atoms with Crippen LogP contribution in [0.5, 0.6) is 0 Å². The van der Waals surface area contributed by atoms with Crippen molar-refractivity contribution >= 4 is 22.8 Å². The predicted octanol–water partition coefficient (Wildman–Crippen LogP) is 3.65. The number of halogens is 3. The summed E-state index contributed by atoms with van der Waals surface area (Å²) in [6.07, 6.45) is -1.10. The van der Waals surface area contributed by atoms with Crippen LogP contribution in [0.1, 0.15) is 17.7 Å². The summed E-state index contributed by atoms with van der Waals surface area (Å²) in [6, 6.07) is 8.73. The van der Waals surface area contributed by atoms with Gasteiger partial charge in [-0.25, -0.2) is 9.50 Å². The topological polar surface area (TPSA) is 78.5 Å². The first-order valence-electron chi connectivity index (χ1n) is 9.91. The summed E-state index contributed by atoms with van der Waals surface area (Å²) in [5.74, 6) is 0.639. The van der Waals surface area contributed by atoms with Gasteiger partial charge in [0.2, 0.25) is 0 Å². The maximum atomic E-state index is 13.0. The number of rotatable bonds is 4. The van der Waals surface area contributed by atoms with Crippen LogP contribution in [0.25, 0.3) is 16.2 Å². The lowest BCUT2D eigenvalue weighted by Gasteiger charge is -2.47. The zero-order chi connectivity index (χ0) is 21.6. The van der Waals surface area contributed by atoms with Crippen LogP contribution in [-0.2, 0) is 10.9 Å². The van der Waals surface area contributed by atoms with Gasteiger partial charge in [0.1, 0.15) is 16.4 Å². The first-order valence-corrected chi connectivity index (χ1v) is 10.7. The normalized spacial score (nSPS) is 19.8. The average Bonchev–Trinajstić information content (AvgIpc) is 3.35. The van der Waals surface area contributed by atoms with E-state index in [-0.39, 0.29) is 6.04 Å². The maximum Gasteiger partial charge on any atom is 0.425 e. The van der Waals surface area contributed by atoms with Gasteiger partial charge in [0.25, 0.3) is 0 Å². The molecule has 0 saturated carbocycles. The van der Waals surface area contributed by atoms with Crippen molar-refractivity contribution in [1.82, 2.24) is 19.5 Å². The van der Waals surface area contributed by atoms with Crippen molar-refractivity contribution in [2.75, 3.05) is 31.6 Å². The Morgan fingerprint density at radius 3 is 2.58 bits per heavy atom. The Labute approximate surface area is 180 Å². The van der Waals surface area contributed by atoms with Gasteiger partial charge >= 0.3 is 6.18 Å². The number of imidazole rings is 1. The molecule has 3 aromatic rings. The van der Waals surface area contributed by atoms with Gasteiger partial charge in [-0.05, 0) is 37.1 Å². The highest BCUT2D eigenvalue weighted by molar-refractivity contribution is 7.15. The molecule has 2 aliphatic rings. The number of ether oxygens (including phenoxy) is 1. The molecule has 31 heavy (non-hydrogen) atoms. The number of fused-ring (bicyclic) bond motifs is 1. The van der Waals surface area contributed by atoms with Crippen LogP contribution in [0.2, 0.25) is 0 Å². The number of anilines is 1. The Bertz CT molecular complexity index is 1140. The molecule has 1 N–H and O–H groups in total. The molecule has 0 unspecified atom stereocenters. The first kappa shape index (κ1) is 20.2. The van der Waals surface area contributed by atoms with Gasteiger partial charge in [0.05, 0.1) is 30.4 Å². The smallest absolute Gasteiger partial charge is 0.375 e. The van der Waals surface area contributed by atoms with Gasteiger partial charge in [0.15, 0.2) is 11.2 Å². The molecule has 0 bridgehead atoms. The van der Waals surface area contributed by atoms with Gasteiger partial charge in [-0.3, -0.25) is 4.90 Å². The van der Waals surface area contributed by atoms with Gasteiger partial charge < -0.3 is 10.1 Å².